The quantitative estimate of drug-likeness (QED) is 0.517. The molecule has 0 aliphatic heterocycles. The van der Waals surface area contributed by atoms with Crippen molar-refractivity contribution in [2.24, 2.45) is 0 Å². The van der Waals surface area contributed by atoms with Crippen molar-refractivity contribution in [3.63, 3.8) is 0 Å². The molecule has 0 saturated heterocycles. The zero-order chi connectivity index (χ0) is 13.8. The summed E-state index contributed by atoms with van der Waals surface area (Å²) in [4.78, 5) is 12.8. The van der Waals surface area contributed by atoms with E-state index in [2.05, 4.69) is 51.0 Å². The number of hydrogen-bond acceptors (Lipinski definition) is 3. The van der Waals surface area contributed by atoms with Crippen LogP contribution < -0.4 is 15.9 Å². The van der Waals surface area contributed by atoms with E-state index in [4.69, 9.17) is 0 Å². The fourth-order valence-corrected chi connectivity index (χ4v) is 7.06. The summed E-state index contributed by atoms with van der Waals surface area (Å²) in [7, 11) is 0. The average molecular weight is 369 g/mol. The molecule has 0 radical (unpaired) electrons. The van der Waals surface area contributed by atoms with Gasteiger partial charge in [-0.3, -0.25) is 0 Å². The second kappa shape index (κ2) is 5.87. The van der Waals surface area contributed by atoms with E-state index in [1.807, 2.05) is 36.8 Å². The zero-order valence-electron chi connectivity index (χ0n) is 10.6. The Morgan fingerprint density at radius 1 is 0.650 bits per heavy atom. The molecule has 3 nitrogen and oxygen atoms in total. The molecular weight excluding hydrogens is 356 g/mol. The molecule has 0 bridgehead atoms. The minimum atomic E-state index is -2.18. The van der Waals surface area contributed by atoms with Gasteiger partial charge in [-0.1, -0.05) is 0 Å². The monoisotopic (exact) mass is 369 g/mol. The average Bonchev–Trinajstić information content (AvgIpc) is 2.56. The normalized spacial score (nSPS) is 12.1. The number of pyridine rings is 3. The van der Waals surface area contributed by atoms with Crippen molar-refractivity contribution in [2.75, 3.05) is 0 Å². The molecule has 0 atom stereocenters. The van der Waals surface area contributed by atoms with E-state index in [0.717, 1.165) is 0 Å². The van der Waals surface area contributed by atoms with E-state index in [1.54, 1.807) is 18.6 Å². The van der Waals surface area contributed by atoms with Crippen LogP contribution in [-0.2, 0) is 17.8 Å². The fraction of sp³-hybridized carbons (Fsp3) is 0. The third kappa shape index (κ3) is 2.42. The van der Waals surface area contributed by atoms with Crippen molar-refractivity contribution in [3.8, 4) is 0 Å². The van der Waals surface area contributed by atoms with E-state index in [1.165, 1.54) is 15.9 Å². The van der Waals surface area contributed by atoms with E-state index in [0.29, 0.717) is 0 Å². The van der Waals surface area contributed by atoms with Crippen molar-refractivity contribution in [1.82, 2.24) is 15.0 Å². The summed E-state index contributed by atoms with van der Waals surface area (Å²) in [6, 6.07) is 12.3. The van der Waals surface area contributed by atoms with Crippen LogP contribution in [0.15, 0.2) is 73.6 Å². The van der Waals surface area contributed by atoms with Gasteiger partial charge in [-0.05, 0) is 0 Å². The molecule has 3 aromatic rings. The molecular formula is C15H13N3PRh. The molecule has 0 N–H and O–H groups in total. The van der Waals surface area contributed by atoms with Crippen LogP contribution in [0.2, 0.25) is 0 Å². The van der Waals surface area contributed by atoms with Crippen molar-refractivity contribution in [2.45, 2.75) is 0 Å². The van der Waals surface area contributed by atoms with Gasteiger partial charge in [0.25, 0.3) is 0 Å². The van der Waals surface area contributed by atoms with Crippen LogP contribution >= 0.6 is 5.59 Å². The topological polar surface area (TPSA) is 38.7 Å². The standard InChI is InChI=1S/C15H12N3P.Rh/c1-4-13(10-16-7-1)19(14-5-2-8-17-11-14)15-6-3-9-18-12-15;/h1-12H;/q;-1/p+1. The molecule has 0 unspecified atom stereocenters. The molecule has 3 heterocycles. The van der Waals surface area contributed by atoms with E-state index < -0.39 is 5.59 Å². The van der Waals surface area contributed by atoms with Gasteiger partial charge in [0, 0.05) is 0 Å². The second-order valence-corrected chi connectivity index (χ2v) is 11.0. The molecule has 0 aliphatic carbocycles. The van der Waals surface area contributed by atoms with Gasteiger partial charge < -0.3 is 0 Å². The second-order valence-electron chi connectivity index (χ2n) is 4.35. The van der Waals surface area contributed by atoms with E-state index >= 15 is 0 Å². The fourth-order valence-electron chi connectivity index (χ4n) is 2.18. The van der Waals surface area contributed by atoms with Gasteiger partial charge in [-0.25, -0.2) is 0 Å². The summed E-state index contributed by atoms with van der Waals surface area (Å²) in [5.41, 5.74) is -2.18. The van der Waals surface area contributed by atoms with Crippen molar-refractivity contribution < 1.29 is 17.8 Å². The molecule has 0 aliphatic rings. The maximum absolute atomic E-state index is 4.28. The van der Waals surface area contributed by atoms with Gasteiger partial charge >= 0.3 is 128 Å². The van der Waals surface area contributed by atoms with Crippen LogP contribution in [0, 0.1) is 0 Å². The summed E-state index contributed by atoms with van der Waals surface area (Å²) in [5.74, 6) is 0. The molecule has 0 fully saturated rings. The first-order valence-corrected chi connectivity index (χ1v) is 10.5. The Kier molecular flexibility index (Phi) is 3.96. The number of hydrogen-bond donors (Lipinski definition) is 0. The zero-order valence-corrected chi connectivity index (χ0v) is 13.2. The van der Waals surface area contributed by atoms with Gasteiger partial charge in [-0.15, -0.1) is 0 Å². The van der Waals surface area contributed by atoms with Crippen LogP contribution in [0.1, 0.15) is 0 Å². The van der Waals surface area contributed by atoms with Crippen LogP contribution in [0.3, 0.4) is 0 Å². The molecule has 3 aromatic heterocycles. The molecule has 20 heavy (non-hydrogen) atoms. The Hall–Kier alpha value is -1.50. The minimum absolute atomic E-state index is 1.22. The van der Waals surface area contributed by atoms with E-state index in [9.17, 15) is 0 Å². The third-order valence-corrected chi connectivity index (χ3v) is 10.6. The summed E-state index contributed by atoms with van der Waals surface area (Å²) in [6.07, 6.45) is 11.2. The summed E-state index contributed by atoms with van der Waals surface area (Å²) < 4.78 is 0. The van der Waals surface area contributed by atoms with Crippen LogP contribution in [0.5, 0.6) is 0 Å². The molecule has 0 spiro atoms. The van der Waals surface area contributed by atoms with Crippen LogP contribution in [0.4, 0.5) is 0 Å². The number of rotatable bonds is 3. The van der Waals surface area contributed by atoms with Gasteiger partial charge in [-0.2, -0.15) is 0 Å². The Balaban J connectivity index is 2.24. The molecule has 3 rings (SSSR count). The molecule has 0 saturated carbocycles. The molecule has 102 valence electrons. The Bertz CT molecular complexity index is 581. The van der Waals surface area contributed by atoms with Gasteiger partial charge in [0.05, 0.1) is 0 Å². The first-order valence-electron chi connectivity index (χ1n) is 6.20. The summed E-state index contributed by atoms with van der Waals surface area (Å²) in [5, 5.41) is 3.65. The van der Waals surface area contributed by atoms with Crippen molar-refractivity contribution >= 4 is 21.5 Å². The van der Waals surface area contributed by atoms with E-state index in [-0.39, 0.29) is 0 Å². The first-order chi connectivity index (χ1) is 9.82. The Labute approximate surface area is 128 Å². The Morgan fingerprint density at radius 3 is 1.25 bits per heavy atom. The predicted molar refractivity (Wildman–Crippen MR) is 79.9 cm³/mol. The van der Waals surface area contributed by atoms with Gasteiger partial charge in [0.15, 0.2) is 0 Å². The Morgan fingerprint density at radius 2 is 1.00 bits per heavy atom. The van der Waals surface area contributed by atoms with Crippen LogP contribution in [0.25, 0.3) is 0 Å². The molecule has 5 heteroatoms. The van der Waals surface area contributed by atoms with Crippen molar-refractivity contribution in [1.29, 1.82) is 0 Å². The summed E-state index contributed by atoms with van der Waals surface area (Å²) in [6.45, 7) is 0. The molecule has 0 aromatic carbocycles. The first kappa shape index (κ1) is 13.5. The predicted octanol–water partition coefficient (Wildman–Crippen LogP) is 1.36. The summed E-state index contributed by atoms with van der Waals surface area (Å²) >= 11 is 3.32. The maximum atomic E-state index is 4.28. The molecule has 0 amide bonds. The SMILES string of the molecule is [Rh][PH](c1cccnc1)(c1cccnc1)c1cccnc1. The number of aromatic nitrogens is 3. The third-order valence-electron chi connectivity index (χ3n) is 3.14. The van der Waals surface area contributed by atoms with Gasteiger partial charge in [0.1, 0.15) is 0 Å². The van der Waals surface area contributed by atoms with Gasteiger partial charge in [0.2, 0.25) is 0 Å². The number of nitrogens with zero attached hydrogens (tertiary/aromatic N) is 3. The van der Waals surface area contributed by atoms with Crippen molar-refractivity contribution in [3.05, 3.63) is 73.6 Å². The van der Waals surface area contributed by atoms with Crippen LogP contribution in [-0.4, -0.2) is 15.0 Å².